The number of hydrogen-bond acceptors (Lipinski definition) is 2. The van der Waals surface area contributed by atoms with Gasteiger partial charge in [-0.15, -0.1) is 0 Å². The van der Waals surface area contributed by atoms with Crippen LogP contribution in [0.15, 0.2) is 0 Å². The van der Waals surface area contributed by atoms with Gasteiger partial charge in [0.05, 0.1) is 6.54 Å². The molecule has 4 heteroatoms. The van der Waals surface area contributed by atoms with Crippen LogP contribution in [-0.2, 0) is 4.79 Å². The molecule has 2 N–H and O–H groups in total. The first-order valence-electron chi connectivity index (χ1n) is 4.63. The van der Waals surface area contributed by atoms with Crippen LogP contribution in [0.3, 0.4) is 0 Å². The minimum absolute atomic E-state index is 0.0311. The standard InChI is InChI=1S/C9H17FN2O/c1-7(11)5-8(13)12-4-3-9(2,10)6-12/h7H,3-6,11H2,1-2H3. The van der Waals surface area contributed by atoms with Gasteiger partial charge in [0, 0.05) is 25.4 Å². The highest BCUT2D eigenvalue weighted by Gasteiger charge is 2.35. The molecule has 0 aromatic carbocycles. The van der Waals surface area contributed by atoms with E-state index in [0.29, 0.717) is 19.4 Å². The number of alkyl halides is 1. The maximum atomic E-state index is 13.3. The smallest absolute Gasteiger partial charge is 0.224 e. The first kappa shape index (κ1) is 10.4. The molecule has 1 rings (SSSR count). The number of halogens is 1. The van der Waals surface area contributed by atoms with E-state index in [4.69, 9.17) is 5.73 Å². The van der Waals surface area contributed by atoms with Crippen molar-refractivity contribution < 1.29 is 9.18 Å². The minimum Gasteiger partial charge on any atom is -0.339 e. The zero-order valence-electron chi connectivity index (χ0n) is 8.22. The number of carbonyl (C=O) groups is 1. The van der Waals surface area contributed by atoms with E-state index in [1.165, 1.54) is 6.92 Å². The highest BCUT2D eigenvalue weighted by Crippen LogP contribution is 2.24. The summed E-state index contributed by atoms with van der Waals surface area (Å²) in [6, 6.07) is -0.140. The third kappa shape index (κ3) is 2.95. The van der Waals surface area contributed by atoms with Gasteiger partial charge in [-0.25, -0.2) is 4.39 Å². The van der Waals surface area contributed by atoms with Gasteiger partial charge in [0.25, 0.3) is 0 Å². The Morgan fingerprint density at radius 2 is 2.38 bits per heavy atom. The summed E-state index contributed by atoms with van der Waals surface area (Å²) >= 11 is 0. The van der Waals surface area contributed by atoms with Gasteiger partial charge < -0.3 is 10.6 Å². The Morgan fingerprint density at radius 1 is 1.77 bits per heavy atom. The highest BCUT2D eigenvalue weighted by atomic mass is 19.1. The van der Waals surface area contributed by atoms with E-state index in [1.54, 1.807) is 11.8 Å². The van der Waals surface area contributed by atoms with Crippen LogP contribution in [0.5, 0.6) is 0 Å². The molecule has 1 saturated heterocycles. The van der Waals surface area contributed by atoms with Crippen molar-refractivity contribution in [3.63, 3.8) is 0 Å². The third-order valence-corrected chi connectivity index (χ3v) is 2.27. The van der Waals surface area contributed by atoms with E-state index < -0.39 is 5.67 Å². The number of rotatable bonds is 2. The molecule has 0 aliphatic carbocycles. The fraction of sp³-hybridized carbons (Fsp3) is 0.889. The van der Waals surface area contributed by atoms with Crippen molar-refractivity contribution in [1.29, 1.82) is 0 Å². The Kier molecular flexibility index (Phi) is 2.91. The quantitative estimate of drug-likeness (QED) is 0.692. The van der Waals surface area contributed by atoms with Crippen LogP contribution in [0.25, 0.3) is 0 Å². The van der Waals surface area contributed by atoms with Crippen molar-refractivity contribution in [2.24, 2.45) is 5.73 Å². The molecular formula is C9H17FN2O. The van der Waals surface area contributed by atoms with Crippen molar-refractivity contribution in [3.05, 3.63) is 0 Å². The lowest BCUT2D eigenvalue weighted by atomic mass is 10.1. The van der Waals surface area contributed by atoms with E-state index in [2.05, 4.69) is 0 Å². The predicted molar refractivity (Wildman–Crippen MR) is 49.0 cm³/mol. The zero-order valence-corrected chi connectivity index (χ0v) is 8.22. The molecule has 0 aromatic heterocycles. The Hall–Kier alpha value is -0.640. The van der Waals surface area contributed by atoms with Crippen LogP contribution >= 0.6 is 0 Å². The van der Waals surface area contributed by atoms with E-state index in [9.17, 15) is 9.18 Å². The summed E-state index contributed by atoms with van der Waals surface area (Å²) in [6.07, 6.45) is 0.758. The number of hydrogen-bond donors (Lipinski definition) is 1. The van der Waals surface area contributed by atoms with Crippen molar-refractivity contribution in [2.75, 3.05) is 13.1 Å². The van der Waals surface area contributed by atoms with Gasteiger partial charge >= 0.3 is 0 Å². The molecule has 2 unspecified atom stereocenters. The Balaban J connectivity index is 2.42. The minimum atomic E-state index is -1.20. The number of likely N-dealkylation sites (tertiary alicyclic amines) is 1. The van der Waals surface area contributed by atoms with Crippen LogP contribution in [-0.4, -0.2) is 35.6 Å². The average molecular weight is 188 g/mol. The van der Waals surface area contributed by atoms with Gasteiger partial charge in [0.2, 0.25) is 5.91 Å². The molecule has 0 radical (unpaired) electrons. The van der Waals surface area contributed by atoms with E-state index in [-0.39, 0.29) is 18.5 Å². The molecule has 1 aliphatic heterocycles. The second-order valence-electron chi connectivity index (χ2n) is 4.16. The Morgan fingerprint density at radius 3 is 2.77 bits per heavy atom. The fourth-order valence-corrected chi connectivity index (χ4v) is 1.54. The second kappa shape index (κ2) is 3.62. The molecule has 0 spiro atoms. The first-order chi connectivity index (χ1) is 5.91. The molecule has 3 nitrogen and oxygen atoms in total. The monoisotopic (exact) mass is 188 g/mol. The summed E-state index contributed by atoms with van der Waals surface area (Å²) in [6.45, 7) is 4.06. The van der Waals surface area contributed by atoms with Gasteiger partial charge in [-0.3, -0.25) is 4.79 Å². The maximum Gasteiger partial charge on any atom is 0.224 e. The third-order valence-electron chi connectivity index (χ3n) is 2.27. The van der Waals surface area contributed by atoms with Crippen molar-refractivity contribution in [3.8, 4) is 0 Å². The van der Waals surface area contributed by atoms with E-state index in [0.717, 1.165) is 0 Å². The van der Waals surface area contributed by atoms with Crippen LogP contribution in [0.4, 0.5) is 4.39 Å². The number of nitrogens with zero attached hydrogens (tertiary/aromatic N) is 1. The number of carbonyl (C=O) groups excluding carboxylic acids is 1. The second-order valence-corrected chi connectivity index (χ2v) is 4.16. The molecule has 2 atom stereocenters. The van der Waals surface area contributed by atoms with Crippen LogP contribution < -0.4 is 5.73 Å². The molecule has 1 heterocycles. The van der Waals surface area contributed by atoms with Gasteiger partial charge in [0.15, 0.2) is 0 Å². The fourth-order valence-electron chi connectivity index (χ4n) is 1.54. The first-order valence-corrected chi connectivity index (χ1v) is 4.63. The van der Waals surface area contributed by atoms with E-state index >= 15 is 0 Å². The number of amides is 1. The van der Waals surface area contributed by atoms with Gasteiger partial charge in [-0.2, -0.15) is 0 Å². The molecule has 13 heavy (non-hydrogen) atoms. The normalized spacial score (nSPS) is 30.6. The summed E-state index contributed by atoms with van der Waals surface area (Å²) in [5.74, 6) is -0.0311. The van der Waals surface area contributed by atoms with Crippen LogP contribution in [0.1, 0.15) is 26.7 Å². The lowest BCUT2D eigenvalue weighted by molar-refractivity contribution is -0.130. The largest absolute Gasteiger partial charge is 0.339 e. The number of nitrogens with two attached hydrogens (primary N) is 1. The van der Waals surface area contributed by atoms with E-state index in [1.807, 2.05) is 0 Å². The Labute approximate surface area is 78.1 Å². The molecule has 1 amide bonds. The topological polar surface area (TPSA) is 46.3 Å². The summed E-state index contributed by atoms with van der Waals surface area (Å²) in [4.78, 5) is 13.0. The zero-order chi connectivity index (χ0) is 10.1. The summed E-state index contributed by atoms with van der Waals surface area (Å²) in [5.41, 5.74) is 4.29. The van der Waals surface area contributed by atoms with Crippen molar-refractivity contribution in [2.45, 2.75) is 38.4 Å². The van der Waals surface area contributed by atoms with Gasteiger partial charge in [0.1, 0.15) is 5.67 Å². The summed E-state index contributed by atoms with van der Waals surface area (Å²) in [5, 5.41) is 0. The Bertz CT molecular complexity index is 204. The van der Waals surface area contributed by atoms with Crippen molar-refractivity contribution >= 4 is 5.91 Å². The maximum absolute atomic E-state index is 13.3. The highest BCUT2D eigenvalue weighted by molar-refractivity contribution is 5.77. The molecule has 0 aromatic rings. The average Bonchev–Trinajstić information content (AvgIpc) is 2.28. The SMILES string of the molecule is CC(N)CC(=O)N1CCC(C)(F)C1. The molecular weight excluding hydrogens is 171 g/mol. The molecule has 1 fully saturated rings. The van der Waals surface area contributed by atoms with Crippen LogP contribution in [0, 0.1) is 0 Å². The molecule has 76 valence electrons. The van der Waals surface area contributed by atoms with Crippen molar-refractivity contribution in [1.82, 2.24) is 4.90 Å². The predicted octanol–water partition coefficient (Wildman–Crippen LogP) is 0.684. The lowest BCUT2D eigenvalue weighted by Gasteiger charge is -2.18. The molecule has 1 aliphatic rings. The van der Waals surface area contributed by atoms with Gasteiger partial charge in [-0.05, 0) is 13.8 Å². The lowest BCUT2D eigenvalue weighted by Crippen LogP contribution is -2.35. The summed E-state index contributed by atoms with van der Waals surface area (Å²) in [7, 11) is 0. The van der Waals surface area contributed by atoms with Gasteiger partial charge in [-0.1, -0.05) is 0 Å². The molecule has 0 saturated carbocycles. The summed E-state index contributed by atoms with van der Waals surface area (Å²) < 4.78 is 13.3. The molecule has 0 bridgehead atoms. The van der Waals surface area contributed by atoms with Crippen LogP contribution in [0.2, 0.25) is 0 Å².